The molecule has 6 heteroatoms. The molecule has 152 valence electrons. The van der Waals surface area contributed by atoms with Crippen LogP contribution in [0.1, 0.15) is 56.6 Å². The Balaban J connectivity index is 1.85. The lowest BCUT2D eigenvalue weighted by Gasteiger charge is -2.19. The van der Waals surface area contributed by atoms with Gasteiger partial charge in [-0.3, -0.25) is 14.3 Å². The average Bonchev–Trinajstić information content (AvgIpc) is 2.85. The lowest BCUT2D eigenvalue weighted by Crippen LogP contribution is -2.30. The molecular weight excluding hydrogens is 354 g/mol. The predicted octanol–water partition coefficient (Wildman–Crippen LogP) is 3.84. The van der Waals surface area contributed by atoms with E-state index in [9.17, 15) is 9.59 Å². The summed E-state index contributed by atoms with van der Waals surface area (Å²) < 4.78 is 6.99. The summed E-state index contributed by atoms with van der Waals surface area (Å²) in [6.07, 6.45) is -0.0506. The van der Waals surface area contributed by atoms with Crippen LogP contribution in [0.4, 0.5) is 5.69 Å². The fraction of sp³-hybridized carbons (Fsp3) is 0.500. The van der Waals surface area contributed by atoms with E-state index < -0.39 is 6.10 Å². The van der Waals surface area contributed by atoms with Crippen LogP contribution in [-0.2, 0) is 33.2 Å². The van der Waals surface area contributed by atoms with Crippen LogP contribution in [0.2, 0.25) is 0 Å². The van der Waals surface area contributed by atoms with Crippen molar-refractivity contribution < 1.29 is 14.3 Å². The molecule has 1 aromatic carbocycles. The Morgan fingerprint density at radius 2 is 1.79 bits per heavy atom. The highest BCUT2D eigenvalue weighted by Gasteiger charge is 2.21. The molecular formula is C22H31N3O3. The fourth-order valence-corrected chi connectivity index (χ4v) is 2.91. The fourth-order valence-electron chi connectivity index (χ4n) is 2.91. The van der Waals surface area contributed by atoms with Crippen molar-refractivity contribution in [3.63, 3.8) is 0 Å². The van der Waals surface area contributed by atoms with Crippen LogP contribution in [0, 0.1) is 13.8 Å². The third kappa shape index (κ3) is 5.44. The molecule has 1 atom stereocenters. The number of carbonyl (C=O) groups is 2. The molecule has 0 saturated heterocycles. The van der Waals surface area contributed by atoms with Gasteiger partial charge < -0.3 is 10.1 Å². The molecule has 0 bridgehead atoms. The zero-order chi connectivity index (χ0) is 21.1. The standard InChI is InChI=1S/C22H31N3O3/c1-14-20(15(2)25(7)24-14)23-21(27)16(3)28-19(26)13-10-17-8-11-18(12-9-17)22(4,5)6/h8-9,11-12,16H,10,13H2,1-7H3,(H,23,27)/t16-/m0/s1. The van der Waals surface area contributed by atoms with Crippen molar-refractivity contribution in [2.45, 2.75) is 65.9 Å². The van der Waals surface area contributed by atoms with Gasteiger partial charge >= 0.3 is 5.97 Å². The van der Waals surface area contributed by atoms with E-state index in [2.05, 4.69) is 43.3 Å². The molecule has 28 heavy (non-hydrogen) atoms. The zero-order valence-electron chi connectivity index (χ0n) is 17.9. The number of amides is 1. The largest absolute Gasteiger partial charge is 0.453 e. The Kier molecular flexibility index (Phi) is 6.65. The Hall–Kier alpha value is -2.63. The summed E-state index contributed by atoms with van der Waals surface area (Å²) >= 11 is 0. The van der Waals surface area contributed by atoms with E-state index in [1.165, 1.54) is 5.56 Å². The van der Waals surface area contributed by atoms with Gasteiger partial charge in [-0.1, -0.05) is 45.0 Å². The first-order valence-electron chi connectivity index (χ1n) is 9.59. The van der Waals surface area contributed by atoms with Crippen molar-refractivity contribution in [3.05, 3.63) is 46.8 Å². The first-order valence-corrected chi connectivity index (χ1v) is 9.59. The number of hydrogen-bond donors (Lipinski definition) is 1. The van der Waals surface area contributed by atoms with E-state index in [-0.39, 0.29) is 23.7 Å². The van der Waals surface area contributed by atoms with E-state index >= 15 is 0 Å². The molecule has 0 unspecified atom stereocenters. The number of nitrogens with zero attached hydrogens (tertiary/aromatic N) is 2. The molecule has 1 amide bonds. The number of aryl methyl sites for hydroxylation is 3. The van der Waals surface area contributed by atoms with Gasteiger partial charge in [0, 0.05) is 13.5 Å². The highest BCUT2D eigenvalue weighted by Crippen LogP contribution is 2.22. The Morgan fingerprint density at radius 1 is 1.18 bits per heavy atom. The monoisotopic (exact) mass is 385 g/mol. The number of aromatic nitrogens is 2. The number of hydrogen-bond acceptors (Lipinski definition) is 4. The summed E-state index contributed by atoms with van der Waals surface area (Å²) in [6.45, 7) is 11.8. The Bertz CT molecular complexity index is 845. The van der Waals surface area contributed by atoms with E-state index in [0.717, 1.165) is 17.0 Å². The maximum Gasteiger partial charge on any atom is 0.306 e. The van der Waals surface area contributed by atoms with Crippen LogP contribution >= 0.6 is 0 Å². The van der Waals surface area contributed by atoms with Gasteiger partial charge in [-0.15, -0.1) is 0 Å². The second-order valence-electron chi connectivity index (χ2n) is 8.24. The first kappa shape index (κ1) is 21.7. The number of rotatable bonds is 6. The van der Waals surface area contributed by atoms with Crippen LogP contribution in [-0.4, -0.2) is 27.8 Å². The van der Waals surface area contributed by atoms with Gasteiger partial charge in [0.25, 0.3) is 5.91 Å². The van der Waals surface area contributed by atoms with Gasteiger partial charge in [0.15, 0.2) is 6.10 Å². The Labute approximate surface area is 167 Å². The molecule has 6 nitrogen and oxygen atoms in total. The van der Waals surface area contributed by atoms with Gasteiger partial charge in [-0.2, -0.15) is 5.10 Å². The minimum absolute atomic E-state index is 0.102. The van der Waals surface area contributed by atoms with E-state index in [1.807, 2.05) is 33.0 Å². The summed E-state index contributed by atoms with van der Waals surface area (Å²) in [5.41, 5.74) is 4.67. The summed E-state index contributed by atoms with van der Waals surface area (Å²) in [4.78, 5) is 24.5. The Morgan fingerprint density at radius 3 is 2.29 bits per heavy atom. The maximum atomic E-state index is 12.3. The summed E-state index contributed by atoms with van der Waals surface area (Å²) in [6, 6.07) is 8.26. The molecule has 2 rings (SSSR count). The molecule has 0 aliphatic rings. The molecule has 0 radical (unpaired) electrons. The van der Waals surface area contributed by atoms with Crippen molar-refractivity contribution in [1.82, 2.24) is 9.78 Å². The molecule has 1 aromatic heterocycles. The second-order valence-corrected chi connectivity index (χ2v) is 8.24. The van der Waals surface area contributed by atoms with Crippen molar-refractivity contribution in [3.8, 4) is 0 Å². The summed E-state index contributed by atoms with van der Waals surface area (Å²) in [5.74, 6) is -0.746. The quantitative estimate of drug-likeness (QED) is 0.767. The molecule has 2 aromatic rings. The SMILES string of the molecule is Cc1nn(C)c(C)c1NC(=O)[C@H](C)OC(=O)CCc1ccc(C(C)(C)C)cc1. The first-order chi connectivity index (χ1) is 13.0. The summed E-state index contributed by atoms with van der Waals surface area (Å²) in [5, 5.41) is 7.06. The number of anilines is 1. The number of ether oxygens (including phenoxy) is 1. The van der Waals surface area contributed by atoms with Crippen LogP contribution in [0.5, 0.6) is 0 Å². The van der Waals surface area contributed by atoms with Gasteiger partial charge in [0.1, 0.15) is 0 Å². The number of nitrogens with one attached hydrogen (secondary N) is 1. The van der Waals surface area contributed by atoms with Crippen molar-refractivity contribution in [1.29, 1.82) is 0 Å². The molecule has 1 N–H and O–H groups in total. The van der Waals surface area contributed by atoms with Crippen molar-refractivity contribution in [2.24, 2.45) is 7.05 Å². The topological polar surface area (TPSA) is 73.2 Å². The number of carbonyl (C=O) groups excluding carboxylic acids is 2. The lowest BCUT2D eigenvalue weighted by atomic mass is 9.86. The number of benzene rings is 1. The van der Waals surface area contributed by atoms with Gasteiger partial charge in [0.05, 0.1) is 17.1 Å². The molecule has 0 fully saturated rings. The molecule has 0 aliphatic heterocycles. The van der Waals surface area contributed by atoms with E-state index in [1.54, 1.807) is 11.6 Å². The minimum atomic E-state index is -0.866. The maximum absolute atomic E-state index is 12.3. The highest BCUT2D eigenvalue weighted by atomic mass is 16.5. The van der Waals surface area contributed by atoms with Crippen LogP contribution in [0.15, 0.2) is 24.3 Å². The van der Waals surface area contributed by atoms with Crippen molar-refractivity contribution >= 4 is 17.6 Å². The van der Waals surface area contributed by atoms with Crippen LogP contribution < -0.4 is 5.32 Å². The smallest absolute Gasteiger partial charge is 0.306 e. The molecule has 0 spiro atoms. The van der Waals surface area contributed by atoms with Gasteiger partial charge in [-0.25, -0.2) is 0 Å². The third-order valence-corrected chi connectivity index (χ3v) is 4.87. The van der Waals surface area contributed by atoms with Crippen LogP contribution in [0.3, 0.4) is 0 Å². The zero-order valence-corrected chi connectivity index (χ0v) is 17.9. The third-order valence-electron chi connectivity index (χ3n) is 4.87. The second kappa shape index (κ2) is 8.59. The molecule has 1 heterocycles. The highest BCUT2D eigenvalue weighted by molar-refractivity contribution is 5.96. The van der Waals surface area contributed by atoms with Gasteiger partial charge in [0.2, 0.25) is 0 Å². The number of esters is 1. The molecule has 0 saturated carbocycles. The average molecular weight is 386 g/mol. The molecule has 0 aliphatic carbocycles. The lowest BCUT2D eigenvalue weighted by molar-refractivity contribution is -0.153. The van der Waals surface area contributed by atoms with E-state index in [4.69, 9.17) is 4.74 Å². The van der Waals surface area contributed by atoms with Crippen LogP contribution in [0.25, 0.3) is 0 Å². The van der Waals surface area contributed by atoms with Gasteiger partial charge in [-0.05, 0) is 43.7 Å². The summed E-state index contributed by atoms with van der Waals surface area (Å²) in [7, 11) is 1.81. The normalized spacial score (nSPS) is 12.5. The predicted molar refractivity (Wildman–Crippen MR) is 110 cm³/mol. The van der Waals surface area contributed by atoms with Crippen molar-refractivity contribution in [2.75, 3.05) is 5.32 Å². The van der Waals surface area contributed by atoms with E-state index in [0.29, 0.717) is 12.1 Å². The minimum Gasteiger partial charge on any atom is -0.453 e.